The highest BCUT2D eigenvalue weighted by Crippen LogP contribution is 2.21. The zero-order valence-electron chi connectivity index (χ0n) is 16.2. The Labute approximate surface area is 161 Å². The maximum atomic E-state index is 12.8. The Morgan fingerprint density at radius 1 is 1.04 bits per heavy atom. The van der Waals surface area contributed by atoms with Crippen LogP contribution in [-0.4, -0.2) is 50.8 Å². The van der Waals surface area contributed by atoms with Gasteiger partial charge < -0.3 is 9.64 Å². The lowest BCUT2D eigenvalue weighted by Gasteiger charge is -2.21. The van der Waals surface area contributed by atoms with E-state index >= 15 is 0 Å². The highest BCUT2D eigenvalue weighted by Gasteiger charge is 2.23. The summed E-state index contributed by atoms with van der Waals surface area (Å²) in [5.74, 6) is 0.451. The van der Waals surface area contributed by atoms with Crippen LogP contribution in [0.25, 0.3) is 0 Å². The van der Waals surface area contributed by atoms with E-state index in [1.54, 1.807) is 45.0 Å². The minimum Gasteiger partial charge on any atom is -0.496 e. The molecular formula is C20H26N2O4S. The smallest absolute Gasteiger partial charge is 0.253 e. The second-order valence-corrected chi connectivity index (χ2v) is 8.03. The van der Waals surface area contributed by atoms with Gasteiger partial charge in [-0.05, 0) is 24.3 Å². The summed E-state index contributed by atoms with van der Waals surface area (Å²) in [5.41, 5.74) is 1.21. The van der Waals surface area contributed by atoms with Gasteiger partial charge in [-0.3, -0.25) is 4.79 Å². The van der Waals surface area contributed by atoms with Gasteiger partial charge in [-0.1, -0.05) is 38.1 Å². The van der Waals surface area contributed by atoms with Gasteiger partial charge in [0.1, 0.15) is 5.75 Å². The summed E-state index contributed by atoms with van der Waals surface area (Å²) in [7, 11) is -0.343. The van der Waals surface area contributed by atoms with Crippen molar-refractivity contribution in [2.45, 2.75) is 25.3 Å². The predicted octanol–water partition coefficient (Wildman–Crippen LogP) is 3.00. The van der Waals surface area contributed by atoms with Crippen LogP contribution in [0.1, 0.15) is 29.8 Å². The lowest BCUT2D eigenvalue weighted by molar-refractivity contribution is 0.0784. The van der Waals surface area contributed by atoms with Gasteiger partial charge in [-0.15, -0.1) is 0 Å². The second-order valence-electron chi connectivity index (χ2n) is 6.09. The topological polar surface area (TPSA) is 66.9 Å². The molecule has 0 aliphatic carbocycles. The number of sulfonamides is 1. The molecular weight excluding hydrogens is 364 g/mol. The Morgan fingerprint density at radius 2 is 1.70 bits per heavy atom. The van der Waals surface area contributed by atoms with Crippen LogP contribution in [0, 0.1) is 0 Å². The SMILES string of the molecule is CCN(CC)S(=O)(=O)c1cccc(C(=O)N(C)Cc2ccccc2OC)c1. The average Bonchev–Trinajstić information content (AvgIpc) is 2.68. The third-order valence-corrected chi connectivity index (χ3v) is 6.42. The number of rotatable bonds is 8. The van der Waals surface area contributed by atoms with Crippen molar-refractivity contribution in [2.24, 2.45) is 0 Å². The van der Waals surface area contributed by atoms with Crippen molar-refractivity contribution in [2.75, 3.05) is 27.2 Å². The van der Waals surface area contributed by atoms with Crippen molar-refractivity contribution in [3.05, 3.63) is 59.7 Å². The molecule has 2 aromatic rings. The largest absolute Gasteiger partial charge is 0.496 e. The third-order valence-electron chi connectivity index (χ3n) is 4.37. The molecule has 2 rings (SSSR count). The van der Waals surface area contributed by atoms with E-state index in [9.17, 15) is 13.2 Å². The molecule has 27 heavy (non-hydrogen) atoms. The summed E-state index contributed by atoms with van der Waals surface area (Å²) >= 11 is 0. The zero-order chi connectivity index (χ0) is 20.0. The molecule has 0 saturated carbocycles. The fourth-order valence-electron chi connectivity index (χ4n) is 2.88. The zero-order valence-corrected chi connectivity index (χ0v) is 17.0. The first-order valence-corrected chi connectivity index (χ1v) is 10.3. The average molecular weight is 391 g/mol. The van der Waals surface area contributed by atoms with E-state index in [2.05, 4.69) is 0 Å². The fourth-order valence-corrected chi connectivity index (χ4v) is 4.39. The number of methoxy groups -OCH3 is 1. The van der Waals surface area contributed by atoms with Crippen molar-refractivity contribution in [1.29, 1.82) is 0 Å². The van der Waals surface area contributed by atoms with Crippen molar-refractivity contribution < 1.29 is 17.9 Å². The van der Waals surface area contributed by atoms with Gasteiger partial charge in [0.2, 0.25) is 10.0 Å². The first-order valence-electron chi connectivity index (χ1n) is 8.82. The molecule has 0 saturated heterocycles. The molecule has 2 aromatic carbocycles. The number of carbonyl (C=O) groups is 1. The van der Waals surface area contributed by atoms with Gasteiger partial charge in [0.15, 0.2) is 0 Å². The molecule has 0 aliphatic heterocycles. The highest BCUT2D eigenvalue weighted by atomic mass is 32.2. The van der Waals surface area contributed by atoms with Crippen molar-refractivity contribution in [3.63, 3.8) is 0 Å². The molecule has 146 valence electrons. The molecule has 0 radical (unpaired) electrons. The lowest BCUT2D eigenvalue weighted by Crippen LogP contribution is -2.31. The van der Waals surface area contributed by atoms with E-state index in [-0.39, 0.29) is 10.8 Å². The standard InChI is InChI=1S/C20H26N2O4S/c1-5-22(6-2)27(24,25)18-12-9-11-16(14-18)20(23)21(3)15-17-10-7-8-13-19(17)26-4/h7-14H,5-6,15H2,1-4H3. The van der Waals surface area contributed by atoms with Crippen molar-refractivity contribution in [1.82, 2.24) is 9.21 Å². The minimum absolute atomic E-state index is 0.128. The van der Waals surface area contributed by atoms with Crippen molar-refractivity contribution in [3.8, 4) is 5.75 Å². The Hall–Kier alpha value is -2.38. The van der Waals surface area contributed by atoms with Crippen LogP contribution in [0.3, 0.4) is 0 Å². The van der Waals surface area contributed by atoms with Crippen LogP contribution in [0.4, 0.5) is 0 Å². The molecule has 0 heterocycles. The van der Waals surface area contributed by atoms with Gasteiger partial charge >= 0.3 is 0 Å². The third kappa shape index (κ3) is 4.67. The normalized spacial score (nSPS) is 11.4. The maximum absolute atomic E-state index is 12.8. The van der Waals surface area contributed by atoms with Gasteiger partial charge in [0, 0.05) is 37.8 Å². The Balaban J connectivity index is 2.27. The Kier molecular flexibility index (Phi) is 6.98. The minimum atomic E-state index is -3.61. The summed E-state index contributed by atoms with van der Waals surface area (Å²) in [6.45, 7) is 4.69. The molecule has 0 unspecified atom stereocenters. The van der Waals surface area contributed by atoms with Gasteiger partial charge in [-0.25, -0.2) is 8.42 Å². The van der Waals surface area contributed by atoms with Crippen LogP contribution in [0.5, 0.6) is 5.75 Å². The van der Waals surface area contributed by atoms with E-state index < -0.39 is 10.0 Å². The van der Waals surface area contributed by atoms with Crippen molar-refractivity contribution >= 4 is 15.9 Å². The summed E-state index contributed by atoms with van der Waals surface area (Å²) in [4.78, 5) is 14.5. The summed E-state index contributed by atoms with van der Waals surface area (Å²) in [5, 5.41) is 0. The molecule has 1 amide bonds. The molecule has 0 spiro atoms. The summed E-state index contributed by atoms with van der Waals surface area (Å²) < 4.78 is 32.1. The lowest BCUT2D eigenvalue weighted by atomic mass is 10.1. The molecule has 0 aliphatic rings. The molecule has 0 fully saturated rings. The first kappa shape index (κ1) is 20.9. The maximum Gasteiger partial charge on any atom is 0.253 e. The van der Waals surface area contributed by atoms with Gasteiger partial charge in [0.05, 0.1) is 12.0 Å². The first-order chi connectivity index (χ1) is 12.8. The van der Waals surface area contributed by atoms with Gasteiger partial charge in [0.25, 0.3) is 5.91 Å². The van der Waals surface area contributed by atoms with Crippen LogP contribution >= 0.6 is 0 Å². The van der Waals surface area contributed by atoms with Gasteiger partial charge in [-0.2, -0.15) is 4.31 Å². The number of hydrogen-bond donors (Lipinski definition) is 0. The molecule has 7 heteroatoms. The quantitative estimate of drug-likeness (QED) is 0.695. The predicted molar refractivity (Wildman–Crippen MR) is 105 cm³/mol. The molecule has 0 atom stereocenters. The van der Waals surface area contributed by atoms with E-state index in [1.165, 1.54) is 16.4 Å². The Morgan fingerprint density at radius 3 is 2.33 bits per heavy atom. The number of amides is 1. The van der Waals surface area contributed by atoms with E-state index in [0.717, 1.165) is 5.56 Å². The molecule has 6 nitrogen and oxygen atoms in total. The van der Waals surface area contributed by atoms with E-state index in [0.29, 0.717) is 30.9 Å². The van der Waals surface area contributed by atoms with Crippen LogP contribution in [0.15, 0.2) is 53.4 Å². The number of hydrogen-bond acceptors (Lipinski definition) is 4. The summed E-state index contributed by atoms with van der Waals surface area (Å²) in [6, 6.07) is 13.7. The van der Waals surface area contributed by atoms with E-state index in [4.69, 9.17) is 4.74 Å². The van der Waals surface area contributed by atoms with Crippen LogP contribution < -0.4 is 4.74 Å². The molecule has 0 bridgehead atoms. The fraction of sp³-hybridized carbons (Fsp3) is 0.350. The number of para-hydroxylation sites is 1. The highest BCUT2D eigenvalue weighted by molar-refractivity contribution is 7.89. The number of benzene rings is 2. The monoisotopic (exact) mass is 390 g/mol. The van der Waals surface area contributed by atoms with Crippen LogP contribution in [-0.2, 0) is 16.6 Å². The van der Waals surface area contributed by atoms with Crippen LogP contribution in [0.2, 0.25) is 0 Å². The molecule has 0 N–H and O–H groups in total. The number of carbonyl (C=O) groups excluding carboxylic acids is 1. The van der Waals surface area contributed by atoms with E-state index in [1.807, 2.05) is 24.3 Å². The number of ether oxygens (including phenoxy) is 1. The molecule has 0 aromatic heterocycles. The summed E-state index contributed by atoms with van der Waals surface area (Å²) in [6.07, 6.45) is 0. The second kappa shape index (κ2) is 9.01. The number of nitrogens with zero attached hydrogens (tertiary/aromatic N) is 2. The Bertz CT molecular complexity index is 892.